The van der Waals surface area contributed by atoms with Gasteiger partial charge in [-0.1, -0.05) is 29.3 Å². The third-order valence-electron chi connectivity index (χ3n) is 3.54. The highest BCUT2D eigenvalue weighted by molar-refractivity contribution is 7.10. The second-order valence-corrected chi connectivity index (χ2v) is 6.62. The number of carbonyl (C=O) groups is 1. The fourth-order valence-corrected chi connectivity index (χ4v) is 3.85. The minimum atomic E-state index is -0.0339. The van der Waals surface area contributed by atoms with Crippen molar-refractivity contribution in [3.8, 4) is 0 Å². The quantitative estimate of drug-likeness (QED) is 0.758. The maximum atomic E-state index is 12.7. The molecule has 0 radical (unpaired) electrons. The van der Waals surface area contributed by atoms with Gasteiger partial charge in [0.2, 0.25) is 0 Å². The molecule has 1 amide bonds. The molecular formula is C15H13Cl2NOS. The van der Waals surface area contributed by atoms with Crippen LogP contribution in [0.4, 0.5) is 0 Å². The lowest BCUT2D eigenvalue weighted by Gasteiger charge is -2.24. The fraction of sp³-hybridized carbons (Fsp3) is 0.267. The van der Waals surface area contributed by atoms with E-state index in [1.165, 1.54) is 4.88 Å². The van der Waals surface area contributed by atoms with E-state index in [9.17, 15) is 4.79 Å². The van der Waals surface area contributed by atoms with Crippen LogP contribution in [-0.2, 0) is 0 Å². The van der Waals surface area contributed by atoms with Gasteiger partial charge in [0.05, 0.1) is 16.6 Å². The molecule has 0 aliphatic carbocycles. The number of nitrogens with zero attached hydrogens (tertiary/aromatic N) is 1. The average molecular weight is 326 g/mol. The van der Waals surface area contributed by atoms with Crippen LogP contribution in [0.5, 0.6) is 0 Å². The molecule has 2 nitrogen and oxygen atoms in total. The second kappa shape index (κ2) is 5.76. The van der Waals surface area contributed by atoms with Crippen molar-refractivity contribution in [2.24, 2.45) is 0 Å². The molecular weight excluding hydrogens is 313 g/mol. The molecule has 0 spiro atoms. The number of amides is 1. The molecule has 1 saturated heterocycles. The molecule has 1 aromatic heterocycles. The predicted octanol–water partition coefficient (Wildman–Crippen LogP) is 5.03. The van der Waals surface area contributed by atoms with Gasteiger partial charge in [-0.05, 0) is 42.5 Å². The Hall–Kier alpha value is -1.03. The zero-order valence-corrected chi connectivity index (χ0v) is 13.0. The van der Waals surface area contributed by atoms with Crippen molar-refractivity contribution < 1.29 is 4.79 Å². The summed E-state index contributed by atoms with van der Waals surface area (Å²) < 4.78 is 0. The summed E-state index contributed by atoms with van der Waals surface area (Å²) in [7, 11) is 0. The van der Waals surface area contributed by atoms with Crippen LogP contribution in [0, 0.1) is 0 Å². The predicted molar refractivity (Wildman–Crippen MR) is 83.8 cm³/mol. The molecule has 2 aromatic rings. The number of carbonyl (C=O) groups excluding carboxylic acids is 1. The van der Waals surface area contributed by atoms with Gasteiger partial charge >= 0.3 is 0 Å². The SMILES string of the molecule is O=C(c1cc(Cl)ccc1Cl)N1CCC[C@H]1c1cccs1. The van der Waals surface area contributed by atoms with E-state index in [1.807, 2.05) is 16.3 Å². The third-order valence-corrected chi connectivity index (χ3v) is 5.08. The average Bonchev–Trinajstić information content (AvgIpc) is 3.10. The van der Waals surface area contributed by atoms with Crippen molar-refractivity contribution in [3.05, 3.63) is 56.2 Å². The van der Waals surface area contributed by atoms with Crippen LogP contribution in [-0.4, -0.2) is 17.4 Å². The summed E-state index contributed by atoms with van der Waals surface area (Å²) in [5, 5.41) is 3.03. The first kappa shape index (κ1) is 13.9. The van der Waals surface area contributed by atoms with Crippen LogP contribution in [0.1, 0.15) is 34.1 Å². The molecule has 0 N–H and O–H groups in total. The Balaban J connectivity index is 1.91. The molecule has 1 aliphatic rings. The maximum Gasteiger partial charge on any atom is 0.255 e. The molecule has 2 heterocycles. The standard InChI is InChI=1S/C15H13Cl2NOS/c16-10-5-6-12(17)11(9-10)15(19)18-7-1-3-13(18)14-4-2-8-20-14/h2,4-6,8-9,13H,1,3,7H2/t13-/m0/s1. The van der Waals surface area contributed by atoms with Crippen molar-refractivity contribution in [1.29, 1.82) is 0 Å². The third kappa shape index (κ3) is 2.58. The monoisotopic (exact) mass is 325 g/mol. The van der Waals surface area contributed by atoms with Crippen molar-refractivity contribution in [3.63, 3.8) is 0 Å². The van der Waals surface area contributed by atoms with Gasteiger partial charge < -0.3 is 4.90 Å². The van der Waals surface area contributed by atoms with Crippen molar-refractivity contribution in [1.82, 2.24) is 4.90 Å². The number of likely N-dealkylation sites (tertiary alicyclic amines) is 1. The Labute approximate surface area is 131 Å². The van der Waals surface area contributed by atoms with Crippen molar-refractivity contribution in [2.75, 3.05) is 6.54 Å². The summed E-state index contributed by atoms with van der Waals surface area (Å²) >= 11 is 13.8. The van der Waals surface area contributed by atoms with Gasteiger partial charge in [-0.15, -0.1) is 11.3 Å². The van der Waals surface area contributed by atoms with E-state index in [2.05, 4.69) is 6.07 Å². The molecule has 0 unspecified atom stereocenters. The topological polar surface area (TPSA) is 20.3 Å². The number of thiophene rings is 1. The molecule has 1 aromatic carbocycles. The van der Waals surface area contributed by atoms with E-state index in [-0.39, 0.29) is 11.9 Å². The lowest BCUT2D eigenvalue weighted by molar-refractivity contribution is 0.0738. The molecule has 104 valence electrons. The van der Waals surface area contributed by atoms with Gasteiger partial charge in [0.1, 0.15) is 0 Å². The lowest BCUT2D eigenvalue weighted by Crippen LogP contribution is -2.30. The molecule has 0 saturated carbocycles. The van der Waals surface area contributed by atoms with Crippen LogP contribution in [0.2, 0.25) is 10.0 Å². The van der Waals surface area contributed by atoms with E-state index in [0.29, 0.717) is 15.6 Å². The second-order valence-electron chi connectivity index (χ2n) is 4.80. The van der Waals surface area contributed by atoms with E-state index in [1.54, 1.807) is 29.5 Å². The van der Waals surface area contributed by atoms with Gasteiger partial charge in [0.15, 0.2) is 0 Å². The van der Waals surface area contributed by atoms with Gasteiger partial charge in [0.25, 0.3) is 5.91 Å². The molecule has 3 rings (SSSR count). The van der Waals surface area contributed by atoms with Crippen LogP contribution in [0.15, 0.2) is 35.7 Å². The van der Waals surface area contributed by atoms with Crippen LogP contribution < -0.4 is 0 Å². The van der Waals surface area contributed by atoms with Crippen molar-refractivity contribution >= 4 is 40.4 Å². The summed E-state index contributed by atoms with van der Waals surface area (Å²) in [5.74, 6) is -0.0339. The Morgan fingerprint density at radius 1 is 1.30 bits per heavy atom. The number of benzene rings is 1. The van der Waals surface area contributed by atoms with Crippen LogP contribution in [0.25, 0.3) is 0 Å². The van der Waals surface area contributed by atoms with E-state index >= 15 is 0 Å². The number of rotatable bonds is 2. The molecule has 1 atom stereocenters. The smallest absolute Gasteiger partial charge is 0.255 e. The summed E-state index contributed by atoms with van der Waals surface area (Å²) in [6, 6.07) is 9.29. The first-order valence-electron chi connectivity index (χ1n) is 6.46. The zero-order chi connectivity index (χ0) is 14.1. The zero-order valence-electron chi connectivity index (χ0n) is 10.7. The number of hydrogen-bond acceptors (Lipinski definition) is 2. The summed E-state index contributed by atoms with van der Waals surface area (Å²) in [6.45, 7) is 0.768. The Morgan fingerprint density at radius 3 is 2.90 bits per heavy atom. The number of hydrogen-bond donors (Lipinski definition) is 0. The van der Waals surface area contributed by atoms with E-state index < -0.39 is 0 Å². The molecule has 5 heteroatoms. The summed E-state index contributed by atoms with van der Waals surface area (Å²) in [6.07, 6.45) is 2.02. The summed E-state index contributed by atoms with van der Waals surface area (Å²) in [5.41, 5.74) is 0.489. The first-order valence-corrected chi connectivity index (χ1v) is 8.10. The van der Waals surface area contributed by atoms with Gasteiger partial charge in [-0.2, -0.15) is 0 Å². The highest BCUT2D eigenvalue weighted by atomic mass is 35.5. The Morgan fingerprint density at radius 2 is 2.15 bits per heavy atom. The highest BCUT2D eigenvalue weighted by Gasteiger charge is 2.32. The van der Waals surface area contributed by atoms with Crippen molar-refractivity contribution in [2.45, 2.75) is 18.9 Å². The van der Waals surface area contributed by atoms with Crippen LogP contribution >= 0.6 is 34.5 Å². The van der Waals surface area contributed by atoms with Crippen LogP contribution in [0.3, 0.4) is 0 Å². The minimum absolute atomic E-state index is 0.0339. The van der Waals surface area contributed by atoms with E-state index in [0.717, 1.165) is 19.4 Å². The molecule has 1 aliphatic heterocycles. The lowest BCUT2D eigenvalue weighted by atomic mass is 10.1. The fourth-order valence-electron chi connectivity index (χ4n) is 2.60. The maximum absolute atomic E-state index is 12.7. The van der Waals surface area contributed by atoms with E-state index in [4.69, 9.17) is 23.2 Å². The molecule has 0 bridgehead atoms. The number of halogens is 2. The van der Waals surface area contributed by atoms with Gasteiger partial charge in [0, 0.05) is 16.4 Å². The summed E-state index contributed by atoms with van der Waals surface area (Å²) in [4.78, 5) is 15.8. The van der Waals surface area contributed by atoms with Gasteiger partial charge in [-0.3, -0.25) is 4.79 Å². The minimum Gasteiger partial charge on any atom is -0.331 e. The first-order chi connectivity index (χ1) is 9.66. The highest BCUT2D eigenvalue weighted by Crippen LogP contribution is 2.36. The Bertz CT molecular complexity index is 627. The largest absolute Gasteiger partial charge is 0.331 e. The Kier molecular flexibility index (Phi) is 4.01. The van der Waals surface area contributed by atoms with Gasteiger partial charge in [-0.25, -0.2) is 0 Å². The molecule has 20 heavy (non-hydrogen) atoms. The normalized spacial score (nSPS) is 18.5. The molecule has 1 fully saturated rings.